The Balaban J connectivity index is 2.09. The highest BCUT2D eigenvalue weighted by Gasteiger charge is 2.02. The van der Waals surface area contributed by atoms with Gasteiger partial charge in [-0.05, 0) is 52.2 Å². The third-order valence-corrected chi connectivity index (χ3v) is 3.90. The molecule has 2 nitrogen and oxygen atoms in total. The van der Waals surface area contributed by atoms with E-state index in [0.717, 1.165) is 20.8 Å². The fourth-order valence-corrected chi connectivity index (χ4v) is 2.86. The van der Waals surface area contributed by atoms with Gasteiger partial charge in [0.05, 0.1) is 0 Å². The van der Waals surface area contributed by atoms with Gasteiger partial charge in [-0.2, -0.15) is 0 Å². The van der Waals surface area contributed by atoms with Crippen molar-refractivity contribution in [2.75, 3.05) is 5.73 Å². The average Bonchev–Trinajstić information content (AvgIpc) is 2.30. The van der Waals surface area contributed by atoms with E-state index in [-0.39, 0.29) is 0 Å². The van der Waals surface area contributed by atoms with Crippen LogP contribution in [0.4, 0.5) is 5.69 Å². The molecule has 0 aliphatic rings. The first-order valence-corrected chi connectivity index (χ1v) is 7.01. The molecular weight excluding hydrogens is 296 g/mol. The van der Waals surface area contributed by atoms with Gasteiger partial charge in [0, 0.05) is 33.2 Å². The molecule has 0 amide bonds. The molecular formula is C13H13BrN2S. The maximum absolute atomic E-state index is 5.94. The molecule has 88 valence electrons. The van der Waals surface area contributed by atoms with E-state index in [4.69, 9.17) is 5.73 Å². The SMILES string of the molecule is Cc1ccc(N)c(SCc2cncc(Br)c2)c1. The molecule has 0 aliphatic carbocycles. The second kappa shape index (κ2) is 5.56. The van der Waals surface area contributed by atoms with Crippen LogP contribution in [0.15, 0.2) is 46.0 Å². The number of thioether (sulfide) groups is 1. The molecule has 0 atom stereocenters. The molecule has 2 aromatic rings. The van der Waals surface area contributed by atoms with Crippen LogP contribution in [0.1, 0.15) is 11.1 Å². The van der Waals surface area contributed by atoms with Crippen LogP contribution in [-0.2, 0) is 5.75 Å². The molecule has 0 radical (unpaired) electrons. The third kappa shape index (κ3) is 3.48. The minimum absolute atomic E-state index is 0.837. The van der Waals surface area contributed by atoms with Crippen molar-refractivity contribution in [3.63, 3.8) is 0 Å². The van der Waals surface area contributed by atoms with Crippen LogP contribution >= 0.6 is 27.7 Å². The lowest BCUT2D eigenvalue weighted by Crippen LogP contribution is -1.90. The summed E-state index contributed by atoms with van der Waals surface area (Å²) in [4.78, 5) is 5.27. The number of hydrogen-bond acceptors (Lipinski definition) is 3. The van der Waals surface area contributed by atoms with Crippen molar-refractivity contribution in [3.8, 4) is 0 Å². The fourth-order valence-electron chi connectivity index (χ4n) is 1.46. The summed E-state index contributed by atoms with van der Waals surface area (Å²) >= 11 is 5.16. The van der Waals surface area contributed by atoms with Gasteiger partial charge in [-0.25, -0.2) is 0 Å². The van der Waals surface area contributed by atoms with Crippen molar-refractivity contribution in [1.82, 2.24) is 4.98 Å². The molecule has 1 aromatic heterocycles. The Morgan fingerprint density at radius 2 is 2.12 bits per heavy atom. The van der Waals surface area contributed by atoms with Gasteiger partial charge < -0.3 is 5.73 Å². The molecule has 0 unspecified atom stereocenters. The van der Waals surface area contributed by atoms with Crippen LogP contribution in [0.5, 0.6) is 0 Å². The zero-order valence-electron chi connectivity index (χ0n) is 9.48. The van der Waals surface area contributed by atoms with Crippen LogP contribution in [-0.4, -0.2) is 4.98 Å². The summed E-state index contributed by atoms with van der Waals surface area (Å²) in [6.45, 7) is 2.07. The number of hydrogen-bond donors (Lipinski definition) is 1. The maximum atomic E-state index is 5.94. The third-order valence-electron chi connectivity index (χ3n) is 2.32. The number of aromatic nitrogens is 1. The van der Waals surface area contributed by atoms with Crippen molar-refractivity contribution in [2.24, 2.45) is 0 Å². The van der Waals surface area contributed by atoms with Gasteiger partial charge >= 0.3 is 0 Å². The monoisotopic (exact) mass is 308 g/mol. The molecule has 0 saturated heterocycles. The lowest BCUT2D eigenvalue weighted by molar-refractivity contribution is 1.23. The summed E-state index contributed by atoms with van der Waals surface area (Å²) < 4.78 is 1.01. The van der Waals surface area contributed by atoms with Crippen molar-refractivity contribution < 1.29 is 0 Å². The number of halogens is 1. The lowest BCUT2D eigenvalue weighted by atomic mass is 10.2. The quantitative estimate of drug-likeness (QED) is 0.687. The number of nitrogen functional groups attached to an aromatic ring is 1. The van der Waals surface area contributed by atoms with E-state index in [1.54, 1.807) is 18.0 Å². The van der Waals surface area contributed by atoms with Gasteiger partial charge in [-0.1, -0.05) is 6.07 Å². The lowest BCUT2D eigenvalue weighted by Gasteiger charge is -2.06. The summed E-state index contributed by atoms with van der Waals surface area (Å²) in [6.07, 6.45) is 3.67. The van der Waals surface area contributed by atoms with Crippen LogP contribution in [0.3, 0.4) is 0 Å². The Kier molecular flexibility index (Phi) is 4.07. The van der Waals surface area contributed by atoms with Crippen LogP contribution in [0, 0.1) is 6.92 Å². The van der Waals surface area contributed by atoms with E-state index in [1.807, 2.05) is 18.3 Å². The van der Waals surface area contributed by atoms with E-state index < -0.39 is 0 Å². The Hall–Kier alpha value is -1.000. The minimum atomic E-state index is 0.837. The van der Waals surface area contributed by atoms with E-state index in [0.29, 0.717) is 0 Å². The minimum Gasteiger partial charge on any atom is -0.398 e. The summed E-state index contributed by atoms with van der Waals surface area (Å²) in [5.74, 6) is 0.875. The van der Waals surface area contributed by atoms with E-state index >= 15 is 0 Å². The first-order valence-electron chi connectivity index (χ1n) is 5.23. The summed E-state index contributed by atoms with van der Waals surface area (Å²) in [7, 11) is 0. The molecule has 17 heavy (non-hydrogen) atoms. The Bertz CT molecular complexity index is 529. The van der Waals surface area contributed by atoms with Gasteiger partial charge in [-0.15, -0.1) is 11.8 Å². The number of nitrogens with two attached hydrogens (primary N) is 1. The normalized spacial score (nSPS) is 10.5. The second-order valence-corrected chi connectivity index (χ2v) is 5.77. The molecule has 4 heteroatoms. The summed E-state index contributed by atoms with van der Waals surface area (Å²) in [5, 5.41) is 0. The van der Waals surface area contributed by atoms with E-state index in [1.165, 1.54) is 11.1 Å². The van der Waals surface area contributed by atoms with E-state index in [2.05, 4.69) is 40.0 Å². The molecule has 1 heterocycles. The van der Waals surface area contributed by atoms with Crippen molar-refractivity contribution >= 4 is 33.4 Å². The smallest absolute Gasteiger partial charge is 0.0452 e. The van der Waals surface area contributed by atoms with Gasteiger partial charge in [0.2, 0.25) is 0 Å². The van der Waals surface area contributed by atoms with Gasteiger partial charge in [0.1, 0.15) is 0 Å². The molecule has 0 saturated carbocycles. The number of rotatable bonds is 3. The predicted octanol–water partition coefficient (Wildman–Crippen LogP) is 4.03. The average molecular weight is 309 g/mol. The largest absolute Gasteiger partial charge is 0.398 e. The molecule has 2 rings (SSSR count). The number of pyridine rings is 1. The molecule has 0 spiro atoms. The summed E-state index contributed by atoms with van der Waals surface area (Å²) in [6, 6.07) is 8.17. The van der Waals surface area contributed by atoms with E-state index in [9.17, 15) is 0 Å². The zero-order valence-corrected chi connectivity index (χ0v) is 11.9. The zero-order chi connectivity index (χ0) is 12.3. The molecule has 0 bridgehead atoms. The van der Waals surface area contributed by atoms with Crippen LogP contribution in [0.2, 0.25) is 0 Å². The topological polar surface area (TPSA) is 38.9 Å². The maximum Gasteiger partial charge on any atom is 0.0452 e. The predicted molar refractivity (Wildman–Crippen MR) is 77.1 cm³/mol. The Morgan fingerprint density at radius 1 is 1.29 bits per heavy atom. The Labute approximate surface area is 114 Å². The number of anilines is 1. The molecule has 2 N–H and O–H groups in total. The van der Waals surface area contributed by atoms with Crippen molar-refractivity contribution in [2.45, 2.75) is 17.6 Å². The van der Waals surface area contributed by atoms with Crippen LogP contribution < -0.4 is 5.73 Å². The van der Waals surface area contributed by atoms with Gasteiger partial charge in [0.25, 0.3) is 0 Å². The number of aryl methyl sites for hydroxylation is 1. The van der Waals surface area contributed by atoms with Gasteiger partial charge in [0.15, 0.2) is 0 Å². The summed E-state index contributed by atoms with van der Waals surface area (Å²) in [5.41, 5.74) is 9.19. The van der Waals surface area contributed by atoms with Crippen molar-refractivity contribution in [3.05, 3.63) is 52.3 Å². The second-order valence-electron chi connectivity index (χ2n) is 3.84. The fraction of sp³-hybridized carbons (Fsp3) is 0.154. The van der Waals surface area contributed by atoms with Crippen molar-refractivity contribution in [1.29, 1.82) is 0 Å². The Morgan fingerprint density at radius 3 is 2.88 bits per heavy atom. The molecule has 0 aliphatic heterocycles. The number of benzene rings is 1. The highest BCUT2D eigenvalue weighted by molar-refractivity contribution is 9.10. The first kappa shape index (κ1) is 12.5. The first-order chi connectivity index (χ1) is 8.15. The van der Waals surface area contributed by atoms with Crippen LogP contribution in [0.25, 0.3) is 0 Å². The molecule has 1 aromatic carbocycles. The van der Waals surface area contributed by atoms with Gasteiger partial charge in [-0.3, -0.25) is 4.98 Å². The highest BCUT2D eigenvalue weighted by atomic mass is 79.9. The standard InChI is InChI=1S/C13H13BrN2S/c1-9-2-3-12(15)13(4-9)17-8-10-5-11(14)7-16-6-10/h2-7H,8,15H2,1H3. The highest BCUT2D eigenvalue weighted by Crippen LogP contribution is 2.29. The number of nitrogens with zero attached hydrogens (tertiary/aromatic N) is 1. The molecule has 0 fully saturated rings.